The monoisotopic (exact) mass is 362 g/mol. The molecule has 0 aliphatic heterocycles. The van der Waals surface area contributed by atoms with Gasteiger partial charge in [0, 0.05) is 6.54 Å². The van der Waals surface area contributed by atoms with Crippen molar-refractivity contribution in [2.24, 2.45) is 0 Å². The lowest BCUT2D eigenvalue weighted by Crippen LogP contribution is -2.32. The molecule has 3 aromatic heterocycles. The number of hydrogen-bond acceptors (Lipinski definition) is 6. The van der Waals surface area contributed by atoms with Crippen LogP contribution in [0.25, 0.3) is 10.3 Å². The molecule has 0 spiro atoms. The van der Waals surface area contributed by atoms with Crippen LogP contribution in [-0.2, 0) is 24.4 Å². The Kier molecular flexibility index (Phi) is 4.72. The number of fused-ring (bicyclic) bond motifs is 1. The Labute approximate surface area is 145 Å². The smallest absolute Gasteiger partial charge is 0.273 e. The first kappa shape index (κ1) is 16.3. The van der Waals surface area contributed by atoms with Gasteiger partial charge >= 0.3 is 0 Å². The van der Waals surface area contributed by atoms with E-state index in [4.69, 9.17) is 16.6 Å². The summed E-state index contributed by atoms with van der Waals surface area (Å²) in [5, 5.41) is 2.69. The molecule has 0 bridgehead atoms. The van der Waals surface area contributed by atoms with Gasteiger partial charge in [-0.05, 0) is 24.4 Å². The summed E-state index contributed by atoms with van der Waals surface area (Å²) in [5.74, 6) is 0.340. The summed E-state index contributed by atoms with van der Waals surface area (Å²) >= 11 is 6.44. The fraction of sp³-hybridized carbons (Fsp3) is 0.200. The van der Waals surface area contributed by atoms with Crippen molar-refractivity contribution in [2.75, 3.05) is 0 Å². The van der Waals surface area contributed by atoms with E-state index in [1.165, 1.54) is 28.5 Å². The zero-order chi connectivity index (χ0) is 17.1. The zero-order valence-corrected chi connectivity index (χ0v) is 14.2. The summed E-state index contributed by atoms with van der Waals surface area (Å²) in [4.78, 5) is 28.8. The third-order valence-corrected chi connectivity index (χ3v) is 4.74. The number of furan rings is 1. The maximum Gasteiger partial charge on any atom is 0.273 e. The second-order valence-electron chi connectivity index (χ2n) is 4.95. The molecule has 0 radical (unpaired) electrons. The first-order valence-electron chi connectivity index (χ1n) is 7.09. The Bertz CT molecular complexity index is 998. The van der Waals surface area contributed by atoms with Crippen LogP contribution < -0.4 is 10.9 Å². The van der Waals surface area contributed by atoms with Gasteiger partial charge in [-0.2, -0.15) is 0 Å². The fourth-order valence-corrected chi connectivity index (χ4v) is 3.50. The highest BCUT2D eigenvalue weighted by atomic mass is 32.1. The van der Waals surface area contributed by atoms with Gasteiger partial charge in [-0.3, -0.25) is 14.2 Å². The number of carbonyl (C=O) groups excluding carboxylic acids is 1. The van der Waals surface area contributed by atoms with Gasteiger partial charge in [0.1, 0.15) is 23.3 Å². The number of hydrogen-bond donors (Lipinski definition) is 1. The van der Waals surface area contributed by atoms with Gasteiger partial charge in [-0.1, -0.05) is 17.4 Å². The highest BCUT2D eigenvalue weighted by molar-refractivity contribution is 7.73. The van der Waals surface area contributed by atoms with Crippen molar-refractivity contribution in [1.82, 2.24) is 19.4 Å². The fourth-order valence-electron chi connectivity index (χ4n) is 2.18. The number of carbonyl (C=O) groups is 1. The van der Waals surface area contributed by atoms with Crippen molar-refractivity contribution in [2.45, 2.75) is 19.6 Å². The molecule has 7 nitrogen and oxygen atoms in total. The molecule has 0 unspecified atom stereocenters. The molecule has 3 aromatic rings. The van der Waals surface area contributed by atoms with Crippen molar-refractivity contribution in [3.05, 3.63) is 57.4 Å². The van der Waals surface area contributed by atoms with Gasteiger partial charge in [0.05, 0.1) is 12.8 Å². The lowest BCUT2D eigenvalue weighted by Gasteiger charge is -2.06. The average molecular weight is 362 g/mol. The number of nitrogens with zero attached hydrogens (tertiary/aromatic N) is 3. The van der Waals surface area contributed by atoms with Crippen LogP contribution in [0.1, 0.15) is 5.76 Å². The number of aromatic nitrogens is 3. The van der Waals surface area contributed by atoms with Crippen LogP contribution >= 0.6 is 23.6 Å². The van der Waals surface area contributed by atoms with Crippen molar-refractivity contribution in [1.29, 1.82) is 0 Å². The second kappa shape index (κ2) is 6.93. The van der Waals surface area contributed by atoms with E-state index in [2.05, 4.69) is 16.9 Å². The predicted molar refractivity (Wildman–Crippen MR) is 93.5 cm³/mol. The van der Waals surface area contributed by atoms with Crippen molar-refractivity contribution >= 4 is 39.8 Å². The normalized spacial score (nSPS) is 10.8. The third-order valence-electron chi connectivity index (χ3n) is 3.31. The molecule has 0 saturated heterocycles. The number of allylic oxidation sites excluding steroid dienone is 1. The van der Waals surface area contributed by atoms with Gasteiger partial charge < -0.3 is 14.3 Å². The predicted octanol–water partition coefficient (Wildman–Crippen LogP) is 2.08. The van der Waals surface area contributed by atoms with Crippen molar-refractivity contribution < 1.29 is 9.21 Å². The van der Waals surface area contributed by atoms with Gasteiger partial charge in [0.2, 0.25) is 5.91 Å². The molecule has 124 valence electrons. The topological polar surface area (TPSA) is 82.1 Å². The van der Waals surface area contributed by atoms with Gasteiger partial charge in [0.15, 0.2) is 9.60 Å². The quantitative estimate of drug-likeness (QED) is 0.536. The molecule has 0 aromatic carbocycles. The Morgan fingerprint density at radius 1 is 1.54 bits per heavy atom. The number of nitrogens with one attached hydrogen (secondary N) is 1. The molecule has 1 N–H and O–H groups in total. The molecule has 24 heavy (non-hydrogen) atoms. The molecular formula is C15H14N4O3S2. The Morgan fingerprint density at radius 3 is 3.08 bits per heavy atom. The van der Waals surface area contributed by atoms with Crippen LogP contribution in [0.3, 0.4) is 0 Å². The van der Waals surface area contributed by atoms with Crippen LogP contribution in [0, 0.1) is 3.95 Å². The van der Waals surface area contributed by atoms with E-state index in [0.717, 1.165) is 0 Å². The zero-order valence-electron chi connectivity index (χ0n) is 12.6. The van der Waals surface area contributed by atoms with E-state index in [-0.39, 0.29) is 24.6 Å². The standard InChI is InChI=1S/C15H14N4O3S2/c1-2-5-19-13-12(24-15(19)23)14(21)18(9-17-13)8-11(20)16-7-10-4-3-6-22-10/h2-4,6,9H,1,5,7-8H2,(H,16,20). The largest absolute Gasteiger partial charge is 0.467 e. The van der Waals surface area contributed by atoms with Gasteiger partial charge in [0.25, 0.3) is 5.56 Å². The van der Waals surface area contributed by atoms with Crippen LogP contribution in [0.2, 0.25) is 0 Å². The van der Waals surface area contributed by atoms with Gasteiger partial charge in [-0.25, -0.2) is 4.98 Å². The second-order valence-corrected chi connectivity index (χ2v) is 6.60. The highest BCUT2D eigenvalue weighted by Crippen LogP contribution is 2.17. The molecule has 0 aliphatic rings. The van der Waals surface area contributed by atoms with Crippen LogP contribution in [0.5, 0.6) is 0 Å². The molecular weight excluding hydrogens is 348 g/mol. The highest BCUT2D eigenvalue weighted by Gasteiger charge is 2.13. The summed E-state index contributed by atoms with van der Waals surface area (Å²) in [6.45, 7) is 4.31. The van der Waals surface area contributed by atoms with E-state index in [0.29, 0.717) is 26.6 Å². The summed E-state index contributed by atoms with van der Waals surface area (Å²) in [5.41, 5.74) is 0.231. The van der Waals surface area contributed by atoms with E-state index in [1.807, 2.05) is 0 Å². The van der Waals surface area contributed by atoms with Crippen LogP contribution in [-0.4, -0.2) is 20.0 Å². The first-order chi connectivity index (χ1) is 11.6. The van der Waals surface area contributed by atoms with Crippen LogP contribution in [0.15, 0.2) is 46.6 Å². The lowest BCUT2D eigenvalue weighted by atomic mass is 10.4. The summed E-state index contributed by atoms with van der Waals surface area (Å²) in [7, 11) is 0. The third kappa shape index (κ3) is 3.22. The molecule has 3 heterocycles. The maximum absolute atomic E-state index is 12.5. The van der Waals surface area contributed by atoms with E-state index in [1.54, 1.807) is 22.8 Å². The molecule has 9 heteroatoms. The van der Waals surface area contributed by atoms with E-state index < -0.39 is 0 Å². The maximum atomic E-state index is 12.5. The molecule has 3 rings (SSSR count). The number of thiazole rings is 1. The molecule has 0 atom stereocenters. The number of amides is 1. The minimum absolute atomic E-state index is 0.116. The Balaban J connectivity index is 1.81. The summed E-state index contributed by atoms with van der Waals surface area (Å²) < 4.78 is 9.13. The first-order valence-corrected chi connectivity index (χ1v) is 8.31. The van der Waals surface area contributed by atoms with Crippen LogP contribution in [0.4, 0.5) is 0 Å². The molecule has 0 aliphatic carbocycles. The number of rotatable bonds is 6. The average Bonchev–Trinajstić information content (AvgIpc) is 3.18. The molecule has 0 fully saturated rings. The summed E-state index contributed by atoms with van der Waals surface area (Å²) in [6.07, 6.45) is 4.58. The van der Waals surface area contributed by atoms with Gasteiger partial charge in [-0.15, -0.1) is 6.58 Å². The Morgan fingerprint density at radius 2 is 2.38 bits per heavy atom. The minimum Gasteiger partial charge on any atom is -0.467 e. The minimum atomic E-state index is -0.302. The SMILES string of the molecule is C=CCn1c(=S)sc2c(=O)n(CC(=O)NCc3ccco3)cnc21. The molecule has 0 saturated carbocycles. The van der Waals surface area contributed by atoms with E-state index in [9.17, 15) is 9.59 Å². The molecule has 1 amide bonds. The lowest BCUT2D eigenvalue weighted by molar-refractivity contribution is -0.121. The summed E-state index contributed by atoms with van der Waals surface area (Å²) in [6, 6.07) is 3.50. The van der Waals surface area contributed by atoms with Crippen molar-refractivity contribution in [3.63, 3.8) is 0 Å². The Hall–Kier alpha value is -2.52. The van der Waals surface area contributed by atoms with E-state index >= 15 is 0 Å². The van der Waals surface area contributed by atoms with Crippen molar-refractivity contribution in [3.8, 4) is 0 Å².